The van der Waals surface area contributed by atoms with E-state index in [1.807, 2.05) is 4.98 Å². The molecule has 17 nitrogen and oxygen atoms in total. The minimum atomic E-state index is -5.59. The fourth-order valence-corrected chi connectivity index (χ4v) is 7.23. The highest BCUT2D eigenvalue weighted by Gasteiger charge is 2.57. The number of nitrogens with one attached hydrogen (secondary N) is 1. The maximum atomic E-state index is 14.4. The topological polar surface area (TPSA) is 269 Å². The second-order valence-electron chi connectivity index (χ2n) is 7.07. The van der Waals surface area contributed by atoms with E-state index >= 15 is 0 Å². The van der Waals surface area contributed by atoms with Gasteiger partial charge < -0.3 is 40.3 Å². The van der Waals surface area contributed by atoms with Crippen LogP contribution in [0.4, 0.5) is 14.7 Å². The van der Waals surface area contributed by atoms with Crippen LogP contribution in [0.5, 0.6) is 0 Å². The van der Waals surface area contributed by atoms with E-state index in [0.29, 0.717) is 10.8 Å². The number of phosphoric ester groups is 1. The lowest BCUT2D eigenvalue weighted by atomic mass is 9.95. The van der Waals surface area contributed by atoms with Gasteiger partial charge >= 0.3 is 15.6 Å². The molecule has 3 unspecified atom stereocenters. The van der Waals surface area contributed by atoms with Crippen molar-refractivity contribution < 1.29 is 65.6 Å². The number of aliphatic hydroxyl groups excluding tert-OH is 1. The van der Waals surface area contributed by atoms with Gasteiger partial charge in [0.15, 0.2) is 23.3 Å². The van der Waals surface area contributed by atoms with Crippen molar-refractivity contribution >= 4 is 48.4 Å². The summed E-state index contributed by atoms with van der Waals surface area (Å²) in [6.07, 6.45) is -5.44. The molecule has 2 aromatic rings. The molecule has 23 heteroatoms. The summed E-state index contributed by atoms with van der Waals surface area (Å²) in [6.45, 7) is -2.91. The summed E-state index contributed by atoms with van der Waals surface area (Å²) in [6, 6.07) is 0. The zero-order valence-electron chi connectivity index (χ0n) is 16.8. The van der Waals surface area contributed by atoms with Gasteiger partial charge in [-0.2, -0.15) is 9.29 Å². The Morgan fingerprint density at radius 1 is 1.29 bits per heavy atom. The van der Waals surface area contributed by atoms with Gasteiger partial charge in [-0.05, 0) is 8.53 Å². The van der Waals surface area contributed by atoms with E-state index in [2.05, 4.69) is 26.7 Å². The van der Waals surface area contributed by atoms with Crippen LogP contribution in [0.25, 0.3) is 11.0 Å². The number of nitrogens with zero attached hydrogens (tertiary/aromatic N) is 2. The zero-order valence-corrected chi connectivity index (χ0v) is 20.5. The van der Waals surface area contributed by atoms with Crippen LogP contribution in [0.2, 0.25) is 0 Å². The Morgan fingerprint density at radius 2 is 1.91 bits per heavy atom. The van der Waals surface area contributed by atoms with Crippen LogP contribution >= 0.6 is 31.4 Å². The van der Waals surface area contributed by atoms with E-state index in [-0.39, 0.29) is 0 Å². The molecule has 6 atom stereocenters. The number of fused-ring (bicyclic) bond motifs is 1. The van der Waals surface area contributed by atoms with E-state index < -0.39 is 88.6 Å². The number of rotatable bonds is 9. The van der Waals surface area contributed by atoms with Crippen molar-refractivity contribution in [1.29, 1.82) is 0 Å². The first-order valence-electron chi connectivity index (χ1n) is 8.89. The molecule has 2 aromatic heterocycles. The number of nitrogen functional groups attached to an aromatic ring is 1. The highest BCUT2D eigenvalue weighted by atomic mass is 31.8. The second-order valence-corrected chi connectivity index (χ2v) is 13.3. The lowest BCUT2D eigenvalue weighted by molar-refractivity contribution is -0.118. The van der Waals surface area contributed by atoms with Crippen molar-refractivity contribution in [3.63, 3.8) is 0 Å². The number of aromatic amines is 1. The molecular formula is C12H18F2N4O13P4. The summed E-state index contributed by atoms with van der Waals surface area (Å²) in [5, 5.41) is 20.4. The number of aromatic nitrogens is 3. The lowest BCUT2D eigenvalue weighted by Gasteiger charge is -2.28. The number of aliphatic hydroxyl groups is 2. The largest absolute Gasteiger partial charge is 0.488 e. The Balaban J connectivity index is 1.86. The van der Waals surface area contributed by atoms with Gasteiger partial charge in [0.25, 0.3) is 12.8 Å². The minimum Gasteiger partial charge on any atom is -0.387 e. The third-order valence-corrected chi connectivity index (χ3v) is 9.14. The predicted molar refractivity (Wildman–Crippen MR) is 113 cm³/mol. The average Bonchev–Trinajstić information content (AvgIpc) is 3.12. The SMILES string of the molecule is Nc1nc2c(c(F)cn2[C@@H]2O[C@H](COP(=O)(O)OP(=O)(O)OP(O)(O)=P)[C@H](O)C2(O)CF)c(=O)[nH]1. The number of halogens is 2. The molecular weight excluding hydrogens is 570 g/mol. The summed E-state index contributed by atoms with van der Waals surface area (Å²) in [7, 11) is -13.6. The standard InChI is InChI=1S/C12H18F2N4O13P4/c13-3-12(21)7(19)5(2-28-33(22,23)30-34(24,25)31-35(26,27)32)29-10(12)18-1-4(14)6-8(18)16-11(15)17-9(6)20/h1,5,7,10,19,21,26-27,32H,2-3H2,(H,22,23)(H,24,25)(H3,15,16,17,20)/t5-,7+,10-,12?/m1/s1. The van der Waals surface area contributed by atoms with Crippen LogP contribution in [0.1, 0.15) is 6.23 Å². The molecule has 1 aliphatic rings. The smallest absolute Gasteiger partial charge is 0.387 e. The van der Waals surface area contributed by atoms with E-state index in [4.69, 9.17) is 20.3 Å². The number of anilines is 1. The van der Waals surface area contributed by atoms with Crippen molar-refractivity contribution in [2.75, 3.05) is 19.0 Å². The molecule has 198 valence electrons. The van der Waals surface area contributed by atoms with Crippen molar-refractivity contribution in [3.05, 3.63) is 22.4 Å². The molecule has 0 aliphatic carbocycles. The highest BCUT2D eigenvalue weighted by Crippen LogP contribution is 2.67. The number of hydrogen-bond acceptors (Lipinski definition) is 11. The summed E-state index contributed by atoms with van der Waals surface area (Å²) in [4.78, 5) is 54.6. The maximum Gasteiger partial charge on any atom is 0.488 e. The van der Waals surface area contributed by atoms with Crippen molar-refractivity contribution in [2.24, 2.45) is 0 Å². The quantitative estimate of drug-likeness (QED) is 0.171. The second kappa shape index (κ2) is 9.63. The first kappa shape index (κ1) is 28.4. The fourth-order valence-electron chi connectivity index (χ4n) is 3.20. The van der Waals surface area contributed by atoms with Gasteiger partial charge in [0.05, 0.1) is 6.61 Å². The fraction of sp³-hybridized carbons (Fsp3) is 0.500. The first-order chi connectivity index (χ1) is 15.9. The summed E-state index contributed by atoms with van der Waals surface area (Å²) in [5.74, 6) is -1.64. The van der Waals surface area contributed by atoms with E-state index in [1.165, 1.54) is 0 Å². The average molecular weight is 588 g/mol. The molecule has 0 saturated carbocycles. The number of ether oxygens (including phenoxy) is 1. The predicted octanol–water partition coefficient (Wildman–Crippen LogP) is -0.540. The van der Waals surface area contributed by atoms with Crippen LogP contribution in [-0.4, -0.2) is 75.4 Å². The molecule has 0 amide bonds. The van der Waals surface area contributed by atoms with E-state index in [1.54, 1.807) is 0 Å². The van der Waals surface area contributed by atoms with Crippen LogP contribution in [0.15, 0.2) is 11.0 Å². The Labute approximate surface area is 194 Å². The third kappa shape index (κ3) is 6.06. The molecule has 35 heavy (non-hydrogen) atoms. The number of phosphoric acid groups is 2. The van der Waals surface area contributed by atoms with Crippen LogP contribution < -0.4 is 11.3 Å². The lowest BCUT2D eigenvalue weighted by Crippen LogP contribution is -2.49. The molecule has 0 bridgehead atoms. The number of alkyl halides is 1. The highest BCUT2D eigenvalue weighted by molar-refractivity contribution is 7.91. The Bertz CT molecular complexity index is 1330. The van der Waals surface area contributed by atoms with Gasteiger partial charge in [0.1, 0.15) is 24.3 Å². The van der Waals surface area contributed by atoms with Gasteiger partial charge in [0.2, 0.25) is 5.95 Å². The summed E-state index contributed by atoms with van der Waals surface area (Å²) < 4.78 is 69.7. The molecule has 0 aromatic carbocycles. The summed E-state index contributed by atoms with van der Waals surface area (Å²) >= 11 is 0. The normalized spacial score (nSPS) is 28.7. The zero-order chi connectivity index (χ0) is 26.6. The molecule has 1 saturated heterocycles. The van der Waals surface area contributed by atoms with E-state index in [9.17, 15) is 42.7 Å². The monoisotopic (exact) mass is 588 g/mol. The minimum absolute atomic E-state index is 0.473. The first-order valence-corrected chi connectivity index (χ1v) is 14.8. The van der Waals surface area contributed by atoms with Crippen molar-refractivity contribution in [3.8, 4) is 0 Å². The molecule has 1 aliphatic heterocycles. The van der Waals surface area contributed by atoms with Gasteiger partial charge in [-0.25, -0.2) is 22.2 Å². The number of hydrogen-bond donors (Lipinski definition) is 8. The molecule has 0 radical (unpaired) electrons. The maximum absolute atomic E-state index is 14.4. The van der Waals surface area contributed by atoms with Gasteiger partial charge in [0, 0.05) is 6.20 Å². The van der Waals surface area contributed by atoms with Crippen molar-refractivity contribution in [2.45, 2.75) is 24.0 Å². The molecule has 1 fully saturated rings. The Kier molecular flexibility index (Phi) is 7.83. The van der Waals surface area contributed by atoms with E-state index in [0.717, 1.165) is 0 Å². The van der Waals surface area contributed by atoms with Crippen molar-refractivity contribution in [1.82, 2.24) is 14.5 Å². The number of H-pyrrole nitrogens is 1. The Morgan fingerprint density at radius 3 is 2.49 bits per heavy atom. The Hall–Kier alpha value is -1.13. The van der Waals surface area contributed by atoms with Crippen LogP contribution in [0.3, 0.4) is 0 Å². The van der Waals surface area contributed by atoms with Crippen LogP contribution in [-0.2, 0) is 27.0 Å². The third-order valence-electron chi connectivity index (χ3n) is 4.54. The number of nitrogens with two attached hydrogens (primary N) is 1. The molecule has 3 heterocycles. The summed E-state index contributed by atoms with van der Waals surface area (Å²) in [5.41, 5.74) is 1.08. The molecule has 0 spiro atoms. The van der Waals surface area contributed by atoms with Gasteiger partial charge in [-0.3, -0.25) is 18.9 Å². The molecule has 3 rings (SSSR count). The van der Waals surface area contributed by atoms with Gasteiger partial charge in [-0.15, -0.1) is 0 Å². The molecule has 9 N–H and O–H groups in total. The van der Waals surface area contributed by atoms with Crippen LogP contribution in [0, 0.1) is 5.82 Å². The van der Waals surface area contributed by atoms with Gasteiger partial charge in [-0.1, -0.05) is 0 Å².